The van der Waals surface area contributed by atoms with E-state index in [1.54, 1.807) is 6.92 Å². The molecule has 1 heterocycles. The van der Waals surface area contributed by atoms with Crippen LogP contribution in [-0.2, 0) is 14.3 Å². The van der Waals surface area contributed by atoms with Crippen LogP contribution in [0.15, 0.2) is 0 Å². The number of hydrogen-bond donors (Lipinski definition) is 0. The highest BCUT2D eigenvalue weighted by Crippen LogP contribution is 2.14. The molecule has 1 rings (SSSR count). The van der Waals surface area contributed by atoms with E-state index in [4.69, 9.17) is 4.74 Å². The number of carbonyl (C=O) groups is 2. The fourth-order valence-electron chi connectivity index (χ4n) is 1.07. The van der Waals surface area contributed by atoms with Crippen LogP contribution in [0.4, 0.5) is 0 Å². The first-order valence-electron chi connectivity index (χ1n) is 4.34. The molecule has 0 N–H and O–H groups in total. The Morgan fingerprint density at radius 3 is 2.42 bits per heavy atom. The van der Waals surface area contributed by atoms with Crippen LogP contribution in [0.25, 0.3) is 0 Å². The van der Waals surface area contributed by atoms with E-state index >= 15 is 0 Å². The topological polar surface area (TPSA) is 46.7 Å². The van der Waals surface area contributed by atoms with Gasteiger partial charge in [0.05, 0.1) is 6.61 Å². The van der Waals surface area contributed by atoms with Crippen LogP contribution in [0.2, 0.25) is 0 Å². The minimum Gasteiger partial charge on any atom is -0.365 e. The summed E-state index contributed by atoms with van der Waals surface area (Å²) in [7, 11) is 0. The number of ether oxygens (including phenoxy) is 1. The molecule has 0 spiro atoms. The number of carbonyl (C=O) groups excluding carboxylic acids is 2. The van der Waals surface area contributed by atoms with Gasteiger partial charge in [0.25, 0.3) is 0 Å². The van der Waals surface area contributed by atoms with Crippen molar-refractivity contribution in [2.75, 3.05) is 6.61 Å². The zero-order chi connectivity index (χ0) is 8.97. The van der Waals surface area contributed by atoms with Gasteiger partial charge in [0.2, 0.25) is 0 Å². The fourth-order valence-corrected chi connectivity index (χ4v) is 1.07. The van der Waals surface area contributed by atoms with E-state index in [0.717, 1.165) is 12.8 Å². The van der Waals surface area contributed by atoms with Crippen LogP contribution in [0, 0.1) is 0 Å². The zero-order valence-corrected chi connectivity index (χ0v) is 7.34. The Kier molecular flexibility index (Phi) is 3.41. The van der Waals surface area contributed by atoms with Crippen molar-refractivity contribution in [3.05, 3.63) is 0 Å². The van der Waals surface area contributed by atoms with Gasteiger partial charge < -0.3 is 9.53 Å². The molecule has 0 aromatic carbocycles. The third-order valence-electron chi connectivity index (χ3n) is 1.89. The maximum Gasteiger partial charge on any atom is 0.163 e. The summed E-state index contributed by atoms with van der Waals surface area (Å²) in [4.78, 5) is 21.6. The second-order valence-electron chi connectivity index (χ2n) is 3.20. The van der Waals surface area contributed by atoms with Gasteiger partial charge in [0.15, 0.2) is 5.78 Å². The average Bonchev–Trinajstić information content (AvgIpc) is 2.79. The van der Waals surface area contributed by atoms with E-state index in [2.05, 4.69) is 0 Å². The van der Waals surface area contributed by atoms with E-state index < -0.39 is 0 Å². The monoisotopic (exact) mass is 170 g/mol. The Labute approximate surface area is 72.1 Å². The summed E-state index contributed by atoms with van der Waals surface area (Å²) in [6.07, 6.45) is 2.70. The van der Waals surface area contributed by atoms with Crippen molar-refractivity contribution in [1.29, 1.82) is 0 Å². The summed E-state index contributed by atoms with van der Waals surface area (Å²) in [5, 5.41) is 0. The predicted octanol–water partition coefficient (Wildman–Crippen LogP) is 1.10. The van der Waals surface area contributed by atoms with Crippen molar-refractivity contribution in [3.8, 4) is 0 Å². The molecular formula is C9H14O3. The molecule has 0 saturated carbocycles. The molecule has 1 aliphatic heterocycles. The number of hydrogen-bond acceptors (Lipinski definition) is 3. The highest BCUT2D eigenvalue weighted by molar-refractivity contribution is 5.85. The third kappa shape index (κ3) is 3.62. The maximum atomic E-state index is 11.0. The first-order chi connectivity index (χ1) is 5.70. The van der Waals surface area contributed by atoms with E-state index in [0.29, 0.717) is 19.4 Å². The van der Waals surface area contributed by atoms with Gasteiger partial charge in [-0.2, -0.15) is 0 Å². The molecule has 0 aliphatic carbocycles. The Morgan fingerprint density at radius 2 is 1.92 bits per heavy atom. The van der Waals surface area contributed by atoms with Crippen LogP contribution in [-0.4, -0.2) is 24.3 Å². The quantitative estimate of drug-likeness (QED) is 0.443. The number of Topliss-reactive ketones (excluding diaryl/α,β-unsaturated/α-hetero) is 2. The Hall–Kier alpha value is -0.700. The molecule has 1 fully saturated rings. The predicted molar refractivity (Wildman–Crippen MR) is 43.9 cm³/mol. The summed E-state index contributed by atoms with van der Waals surface area (Å²) < 4.78 is 4.83. The lowest BCUT2D eigenvalue weighted by atomic mass is 10.1. The van der Waals surface area contributed by atoms with E-state index in [1.165, 1.54) is 0 Å². The van der Waals surface area contributed by atoms with Gasteiger partial charge in [-0.05, 0) is 19.8 Å². The highest BCUT2D eigenvalue weighted by atomic mass is 16.6. The van der Waals surface area contributed by atoms with Crippen molar-refractivity contribution >= 4 is 11.6 Å². The van der Waals surface area contributed by atoms with Crippen LogP contribution in [0.5, 0.6) is 0 Å². The molecule has 0 radical (unpaired) electrons. The number of rotatable bonds is 6. The summed E-state index contributed by atoms with van der Waals surface area (Å²) in [5.41, 5.74) is 0. The zero-order valence-electron chi connectivity index (χ0n) is 7.34. The van der Waals surface area contributed by atoms with Gasteiger partial charge in [-0.3, -0.25) is 4.79 Å². The lowest BCUT2D eigenvalue weighted by molar-refractivity contribution is -0.121. The highest BCUT2D eigenvalue weighted by Gasteiger charge is 2.29. The Bertz CT molecular complexity index is 182. The van der Waals surface area contributed by atoms with Crippen LogP contribution < -0.4 is 0 Å². The van der Waals surface area contributed by atoms with Gasteiger partial charge in [0, 0.05) is 12.8 Å². The third-order valence-corrected chi connectivity index (χ3v) is 1.89. The van der Waals surface area contributed by atoms with Gasteiger partial charge in [-0.25, -0.2) is 0 Å². The minimum absolute atomic E-state index is 0.109. The summed E-state index contributed by atoms with van der Waals surface area (Å²) in [5.74, 6) is 0.392. The molecule has 0 bridgehead atoms. The van der Waals surface area contributed by atoms with Gasteiger partial charge in [-0.15, -0.1) is 0 Å². The maximum absolute atomic E-state index is 11.0. The molecule has 3 nitrogen and oxygen atoms in total. The lowest BCUT2D eigenvalue weighted by Gasteiger charge is -1.95. The molecule has 68 valence electrons. The molecule has 12 heavy (non-hydrogen) atoms. The second kappa shape index (κ2) is 4.36. The van der Waals surface area contributed by atoms with Gasteiger partial charge >= 0.3 is 0 Å². The standard InChI is InChI=1S/C9H14O3/c1-7(10)4-2-3-5-8(11)9-6-12-9/h9H,2-6H2,1H3. The first kappa shape index (κ1) is 9.39. The molecular weight excluding hydrogens is 156 g/mol. The largest absolute Gasteiger partial charge is 0.365 e. The van der Waals surface area contributed by atoms with Crippen LogP contribution >= 0.6 is 0 Å². The molecule has 3 heteroatoms. The molecule has 0 aromatic rings. The smallest absolute Gasteiger partial charge is 0.163 e. The molecule has 1 aliphatic rings. The Balaban J connectivity index is 1.94. The fraction of sp³-hybridized carbons (Fsp3) is 0.778. The van der Waals surface area contributed by atoms with E-state index in [1.807, 2.05) is 0 Å². The van der Waals surface area contributed by atoms with Crippen LogP contribution in [0.3, 0.4) is 0 Å². The van der Waals surface area contributed by atoms with Crippen molar-refractivity contribution in [2.24, 2.45) is 0 Å². The molecule has 0 amide bonds. The normalized spacial score (nSPS) is 20.6. The summed E-state index contributed by atoms with van der Waals surface area (Å²) >= 11 is 0. The molecule has 0 aromatic heterocycles. The van der Waals surface area contributed by atoms with E-state index in [-0.39, 0.29) is 17.7 Å². The average molecular weight is 170 g/mol. The first-order valence-corrected chi connectivity index (χ1v) is 4.34. The van der Waals surface area contributed by atoms with Crippen molar-refractivity contribution < 1.29 is 14.3 Å². The number of unbranched alkanes of at least 4 members (excludes halogenated alkanes) is 1. The van der Waals surface area contributed by atoms with Gasteiger partial charge in [0.1, 0.15) is 11.9 Å². The second-order valence-corrected chi connectivity index (χ2v) is 3.20. The summed E-state index contributed by atoms with van der Waals surface area (Å²) in [6, 6.07) is 0. The SMILES string of the molecule is CC(=O)CCCCC(=O)C1CO1. The van der Waals surface area contributed by atoms with Crippen LogP contribution in [0.1, 0.15) is 32.6 Å². The number of epoxide rings is 1. The van der Waals surface area contributed by atoms with Crippen molar-refractivity contribution in [2.45, 2.75) is 38.7 Å². The van der Waals surface area contributed by atoms with E-state index in [9.17, 15) is 9.59 Å². The van der Waals surface area contributed by atoms with Gasteiger partial charge in [-0.1, -0.05) is 0 Å². The Morgan fingerprint density at radius 1 is 1.33 bits per heavy atom. The summed E-state index contributed by atoms with van der Waals surface area (Å²) in [6.45, 7) is 2.18. The minimum atomic E-state index is -0.109. The molecule has 1 unspecified atom stereocenters. The van der Waals surface area contributed by atoms with Crippen molar-refractivity contribution in [3.63, 3.8) is 0 Å². The molecule has 1 atom stereocenters. The van der Waals surface area contributed by atoms with Crippen molar-refractivity contribution in [1.82, 2.24) is 0 Å². The molecule has 1 saturated heterocycles. The number of ketones is 2. The lowest BCUT2D eigenvalue weighted by Crippen LogP contribution is -2.05.